The SMILES string of the molecule is Cc1ncn(Cc2ccc(C(=O)NN)o2)c(=O)c1Br. The number of amides is 1. The predicted octanol–water partition coefficient (Wildman–Crippen LogP) is 0.559. The van der Waals surface area contributed by atoms with Gasteiger partial charge in [-0.2, -0.15) is 0 Å². The third kappa shape index (κ3) is 2.74. The van der Waals surface area contributed by atoms with Crippen molar-refractivity contribution in [3.05, 3.63) is 50.5 Å². The molecule has 0 radical (unpaired) electrons. The van der Waals surface area contributed by atoms with Gasteiger partial charge in [0.05, 0.1) is 18.6 Å². The van der Waals surface area contributed by atoms with Gasteiger partial charge in [-0.3, -0.25) is 19.6 Å². The number of nitrogens with one attached hydrogen (secondary N) is 1. The van der Waals surface area contributed by atoms with Gasteiger partial charge < -0.3 is 4.42 Å². The predicted molar refractivity (Wildman–Crippen MR) is 70.4 cm³/mol. The maximum absolute atomic E-state index is 11.9. The zero-order chi connectivity index (χ0) is 14.0. The van der Waals surface area contributed by atoms with Crippen molar-refractivity contribution in [1.29, 1.82) is 0 Å². The average molecular weight is 327 g/mol. The fourth-order valence-electron chi connectivity index (χ4n) is 1.48. The van der Waals surface area contributed by atoms with Crippen molar-refractivity contribution >= 4 is 21.8 Å². The van der Waals surface area contributed by atoms with E-state index in [-0.39, 0.29) is 17.9 Å². The lowest BCUT2D eigenvalue weighted by molar-refractivity contribution is 0.0924. The second-order valence-electron chi connectivity index (χ2n) is 3.82. The van der Waals surface area contributed by atoms with Gasteiger partial charge in [0, 0.05) is 0 Å². The summed E-state index contributed by atoms with van der Waals surface area (Å²) in [5, 5.41) is 0. The smallest absolute Gasteiger partial charge is 0.300 e. The van der Waals surface area contributed by atoms with Crippen LogP contribution in [-0.2, 0) is 6.54 Å². The fourth-order valence-corrected chi connectivity index (χ4v) is 1.81. The molecule has 0 aliphatic carbocycles. The van der Waals surface area contributed by atoms with Crippen LogP contribution in [0.25, 0.3) is 0 Å². The van der Waals surface area contributed by atoms with Gasteiger partial charge in [0.15, 0.2) is 5.76 Å². The molecule has 0 fully saturated rings. The number of halogens is 1. The Labute approximate surface area is 116 Å². The van der Waals surface area contributed by atoms with Crippen molar-refractivity contribution in [3.63, 3.8) is 0 Å². The van der Waals surface area contributed by atoms with Gasteiger partial charge >= 0.3 is 5.91 Å². The summed E-state index contributed by atoms with van der Waals surface area (Å²) in [6, 6.07) is 3.09. The van der Waals surface area contributed by atoms with Gasteiger partial charge in [0.2, 0.25) is 0 Å². The summed E-state index contributed by atoms with van der Waals surface area (Å²) in [6.07, 6.45) is 1.42. The minimum absolute atomic E-state index is 0.0877. The minimum Gasteiger partial charge on any atom is -0.454 e. The molecule has 0 unspecified atom stereocenters. The monoisotopic (exact) mass is 326 g/mol. The number of aromatic nitrogens is 2. The first kappa shape index (κ1) is 13.5. The first-order chi connectivity index (χ1) is 9.02. The Bertz CT molecular complexity index is 677. The van der Waals surface area contributed by atoms with E-state index in [0.29, 0.717) is 15.9 Å². The number of furan rings is 1. The number of carbonyl (C=O) groups excluding carboxylic acids is 1. The second-order valence-corrected chi connectivity index (χ2v) is 4.61. The summed E-state index contributed by atoms with van der Waals surface area (Å²) in [5.74, 6) is 5.01. The summed E-state index contributed by atoms with van der Waals surface area (Å²) in [6.45, 7) is 1.91. The number of nitrogen functional groups attached to an aromatic ring is 1. The molecule has 0 aromatic carbocycles. The number of hydrogen-bond donors (Lipinski definition) is 2. The lowest BCUT2D eigenvalue weighted by atomic mass is 10.4. The van der Waals surface area contributed by atoms with Gasteiger partial charge in [-0.15, -0.1) is 0 Å². The van der Waals surface area contributed by atoms with Gasteiger partial charge in [0.1, 0.15) is 10.2 Å². The molecular formula is C11H11BrN4O3. The van der Waals surface area contributed by atoms with E-state index in [4.69, 9.17) is 10.3 Å². The van der Waals surface area contributed by atoms with Crippen molar-refractivity contribution in [1.82, 2.24) is 15.0 Å². The second kappa shape index (κ2) is 5.37. The van der Waals surface area contributed by atoms with Crippen LogP contribution < -0.4 is 16.8 Å². The van der Waals surface area contributed by atoms with Crippen molar-refractivity contribution in [2.75, 3.05) is 0 Å². The molecule has 0 saturated carbocycles. The standard InChI is InChI=1S/C11H11BrN4O3/c1-6-9(12)11(18)16(5-14-6)4-7-2-3-8(19-7)10(17)15-13/h2-3,5H,4,13H2,1H3,(H,15,17). The van der Waals surface area contributed by atoms with Gasteiger partial charge in [-0.1, -0.05) is 0 Å². The quantitative estimate of drug-likeness (QED) is 0.487. The van der Waals surface area contributed by atoms with E-state index in [1.807, 2.05) is 5.43 Å². The molecule has 2 aromatic rings. The third-order valence-corrected chi connectivity index (χ3v) is 3.41. The summed E-state index contributed by atoms with van der Waals surface area (Å²) in [7, 11) is 0. The lowest BCUT2D eigenvalue weighted by Crippen LogP contribution is -2.29. The van der Waals surface area contributed by atoms with Crippen molar-refractivity contribution in [2.45, 2.75) is 13.5 Å². The summed E-state index contributed by atoms with van der Waals surface area (Å²) < 4.78 is 7.05. The lowest BCUT2D eigenvalue weighted by Gasteiger charge is -2.04. The van der Waals surface area contributed by atoms with Gasteiger partial charge in [-0.25, -0.2) is 10.8 Å². The Morgan fingerprint density at radius 1 is 1.58 bits per heavy atom. The molecule has 0 atom stereocenters. The number of carbonyl (C=O) groups is 1. The van der Waals surface area contributed by atoms with Gasteiger partial charge in [-0.05, 0) is 35.0 Å². The van der Waals surface area contributed by atoms with Crippen LogP contribution in [0.5, 0.6) is 0 Å². The first-order valence-electron chi connectivity index (χ1n) is 5.34. The Hall–Kier alpha value is -1.93. The first-order valence-corrected chi connectivity index (χ1v) is 6.13. The molecule has 0 saturated heterocycles. The maximum Gasteiger partial charge on any atom is 0.300 e. The summed E-state index contributed by atoms with van der Waals surface area (Å²) in [4.78, 5) is 27.2. The largest absolute Gasteiger partial charge is 0.454 e. The van der Waals surface area contributed by atoms with E-state index in [0.717, 1.165) is 0 Å². The van der Waals surface area contributed by atoms with Crippen molar-refractivity contribution in [3.8, 4) is 0 Å². The van der Waals surface area contributed by atoms with E-state index < -0.39 is 5.91 Å². The Morgan fingerprint density at radius 3 is 3.00 bits per heavy atom. The van der Waals surface area contributed by atoms with Crippen LogP contribution in [-0.4, -0.2) is 15.5 Å². The molecule has 2 rings (SSSR count). The van der Waals surface area contributed by atoms with Crippen LogP contribution in [0.1, 0.15) is 22.0 Å². The highest BCUT2D eigenvalue weighted by Gasteiger charge is 2.11. The molecule has 8 heteroatoms. The number of rotatable bonds is 3. The molecule has 0 aliphatic rings. The van der Waals surface area contributed by atoms with E-state index in [2.05, 4.69) is 20.9 Å². The number of nitrogens with two attached hydrogens (primary N) is 1. The number of hydrazine groups is 1. The van der Waals surface area contributed by atoms with Crippen LogP contribution in [0, 0.1) is 6.92 Å². The minimum atomic E-state index is -0.526. The topological polar surface area (TPSA) is 103 Å². The summed E-state index contributed by atoms with van der Waals surface area (Å²) in [5.41, 5.74) is 2.37. The van der Waals surface area contributed by atoms with Crippen LogP contribution in [0.15, 0.2) is 32.1 Å². The normalized spacial score (nSPS) is 10.5. The van der Waals surface area contributed by atoms with Crippen LogP contribution in [0.3, 0.4) is 0 Å². The zero-order valence-corrected chi connectivity index (χ0v) is 11.6. The Morgan fingerprint density at radius 2 is 2.32 bits per heavy atom. The molecule has 7 nitrogen and oxygen atoms in total. The summed E-state index contributed by atoms with van der Waals surface area (Å²) >= 11 is 3.18. The number of aryl methyl sites for hydroxylation is 1. The Balaban J connectivity index is 2.27. The van der Waals surface area contributed by atoms with E-state index in [1.54, 1.807) is 13.0 Å². The highest BCUT2D eigenvalue weighted by molar-refractivity contribution is 9.10. The van der Waals surface area contributed by atoms with E-state index in [9.17, 15) is 9.59 Å². The molecule has 2 aromatic heterocycles. The molecule has 1 amide bonds. The van der Waals surface area contributed by atoms with Crippen LogP contribution in [0.2, 0.25) is 0 Å². The van der Waals surface area contributed by atoms with Crippen molar-refractivity contribution in [2.24, 2.45) is 5.84 Å². The molecule has 2 heterocycles. The highest BCUT2D eigenvalue weighted by atomic mass is 79.9. The maximum atomic E-state index is 11.9. The zero-order valence-electron chi connectivity index (χ0n) is 10.0. The third-order valence-electron chi connectivity index (χ3n) is 2.50. The number of nitrogens with zero attached hydrogens (tertiary/aromatic N) is 2. The molecule has 3 N–H and O–H groups in total. The number of hydrogen-bond acceptors (Lipinski definition) is 5. The molecule has 0 aliphatic heterocycles. The van der Waals surface area contributed by atoms with E-state index in [1.165, 1.54) is 17.0 Å². The molecular weight excluding hydrogens is 316 g/mol. The molecule has 100 valence electrons. The average Bonchev–Trinajstić information content (AvgIpc) is 2.87. The van der Waals surface area contributed by atoms with Crippen LogP contribution >= 0.6 is 15.9 Å². The van der Waals surface area contributed by atoms with Crippen LogP contribution in [0.4, 0.5) is 0 Å². The Kier molecular flexibility index (Phi) is 3.82. The van der Waals surface area contributed by atoms with E-state index >= 15 is 0 Å². The fraction of sp³-hybridized carbons (Fsp3) is 0.182. The van der Waals surface area contributed by atoms with Crippen molar-refractivity contribution < 1.29 is 9.21 Å². The van der Waals surface area contributed by atoms with Gasteiger partial charge in [0.25, 0.3) is 5.56 Å². The highest BCUT2D eigenvalue weighted by Crippen LogP contribution is 2.10. The molecule has 19 heavy (non-hydrogen) atoms. The molecule has 0 bridgehead atoms. The molecule has 0 spiro atoms.